The number of aromatic nitrogens is 2. The molecule has 2 N–H and O–H groups in total. The van der Waals surface area contributed by atoms with Crippen LogP contribution in [0.4, 0.5) is 8.78 Å². The molecule has 3 rings (SSSR count). The lowest BCUT2D eigenvalue weighted by molar-refractivity contribution is 0.0995. The Bertz CT molecular complexity index is 1280. The number of hydrogen-bond donors (Lipinski definition) is 1. The van der Waals surface area contributed by atoms with Gasteiger partial charge in [-0.2, -0.15) is 0 Å². The molecule has 3 aromatic rings. The molecule has 0 saturated carbocycles. The van der Waals surface area contributed by atoms with Crippen LogP contribution in [-0.4, -0.2) is 36.2 Å². The van der Waals surface area contributed by atoms with Crippen molar-refractivity contribution in [2.45, 2.75) is 24.3 Å². The Morgan fingerprint density at radius 3 is 2.58 bits per heavy atom. The molecule has 0 saturated heterocycles. The third-order valence-corrected chi connectivity index (χ3v) is 7.20. The zero-order valence-electron chi connectivity index (χ0n) is 17.7. The molecular formula is C22H22F2IN3O4S. The van der Waals surface area contributed by atoms with Gasteiger partial charge in [0.2, 0.25) is 0 Å². The number of nitrogens with zero attached hydrogens (tertiary/aromatic N) is 2. The van der Waals surface area contributed by atoms with Crippen molar-refractivity contribution in [1.29, 1.82) is 0 Å². The molecule has 0 bridgehead atoms. The number of nitrogens with two attached hydrogens (primary N) is 1. The van der Waals surface area contributed by atoms with E-state index in [1.54, 1.807) is 23.7 Å². The molecule has 0 aliphatic heterocycles. The first-order chi connectivity index (χ1) is 15.6. The first-order valence-corrected chi connectivity index (χ1v) is 12.7. The maximum absolute atomic E-state index is 14.3. The van der Waals surface area contributed by atoms with Crippen molar-refractivity contribution in [2.24, 2.45) is 12.8 Å². The second kappa shape index (κ2) is 10.6. The molecule has 0 aliphatic carbocycles. The summed E-state index contributed by atoms with van der Waals surface area (Å²) in [5.74, 6) is -2.15. The lowest BCUT2D eigenvalue weighted by Crippen LogP contribution is -2.17. The fourth-order valence-electron chi connectivity index (χ4n) is 3.27. The standard InChI is InChI=1S/C22H22F2IN3O4S/c1-28-12-20(27-13-28)33(30,31)7-3-2-6-32-19-10-16(23)9-15(21(19)22(26)29)8-14-4-5-17(25)11-18(14)24/h4-5,9-13H,2-3,6-8H2,1H3,(H2,26,29). The summed E-state index contributed by atoms with van der Waals surface area (Å²) >= 11 is 1.98. The van der Waals surface area contributed by atoms with Gasteiger partial charge < -0.3 is 15.0 Å². The van der Waals surface area contributed by atoms with Crippen LogP contribution in [0.15, 0.2) is 47.9 Å². The summed E-state index contributed by atoms with van der Waals surface area (Å²) in [4.78, 5) is 16.0. The topological polar surface area (TPSA) is 104 Å². The minimum absolute atomic E-state index is 0.000429. The maximum Gasteiger partial charge on any atom is 0.252 e. The van der Waals surface area contributed by atoms with Gasteiger partial charge in [0.1, 0.15) is 17.4 Å². The van der Waals surface area contributed by atoms with E-state index in [2.05, 4.69) is 4.98 Å². The molecule has 7 nitrogen and oxygen atoms in total. The number of imidazole rings is 1. The molecule has 33 heavy (non-hydrogen) atoms. The van der Waals surface area contributed by atoms with Crippen LogP contribution in [-0.2, 0) is 23.3 Å². The Labute approximate surface area is 204 Å². The van der Waals surface area contributed by atoms with Gasteiger partial charge in [-0.1, -0.05) is 6.07 Å². The highest BCUT2D eigenvalue weighted by atomic mass is 127. The van der Waals surface area contributed by atoms with Crippen LogP contribution in [0, 0.1) is 15.2 Å². The largest absolute Gasteiger partial charge is 0.493 e. The predicted molar refractivity (Wildman–Crippen MR) is 127 cm³/mol. The van der Waals surface area contributed by atoms with E-state index in [-0.39, 0.29) is 52.7 Å². The minimum Gasteiger partial charge on any atom is -0.493 e. The molecule has 0 aliphatic rings. The van der Waals surface area contributed by atoms with E-state index in [0.717, 1.165) is 12.1 Å². The van der Waals surface area contributed by atoms with Gasteiger partial charge in [-0.25, -0.2) is 22.2 Å². The zero-order valence-corrected chi connectivity index (χ0v) is 20.7. The number of amides is 1. The number of rotatable bonds is 10. The summed E-state index contributed by atoms with van der Waals surface area (Å²) < 4.78 is 60.9. The average Bonchev–Trinajstić information content (AvgIpc) is 3.16. The van der Waals surface area contributed by atoms with E-state index >= 15 is 0 Å². The van der Waals surface area contributed by atoms with Crippen LogP contribution in [0.25, 0.3) is 0 Å². The van der Waals surface area contributed by atoms with Gasteiger partial charge >= 0.3 is 0 Å². The smallest absolute Gasteiger partial charge is 0.252 e. The highest BCUT2D eigenvalue weighted by Gasteiger charge is 2.20. The molecule has 176 valence electrons. The number of primary amides is 1. The van der Waals surface area contributed by atoms with Crippen LogP contribution >= 0.6 is 22.6 Å². The molecule has 1 aromatic heterocycles. The number of hydrogen-bond acceptors (Lipinski definition) is 5. The molecule has 0 unspecified atom stereocenters. The number of benzene rings is 2. The fraction of sp³-hybridized carbons (Fsp3) is 0.273. The monoisotopic (exact) mass is 589 g/mol. The number of sulfone groups is 1. The quantitative estimate of drug-likeness (QED) is 0.288. The van der Waals surface area contributed by atoms with E-state index < -0.39 is 27.4 Å². The van der Waals surface area contributed by atoms with Crippen molar-refractivity contribution in [3.05, 3.63) is 74.8 Å². The van der Waals surface area contributed by atoms with Crippen molar-refractivity contribution in [1.82, 2.24) is 9.55 Å². The second-order valence-corrected chi connectivity index (χ2v) is 10.8. The molecule has 0 fully saturated rings. The number of aryl methyl sites for hydroxylation is 1. The third kappa shape index (κ3) is 6.50. The van der Waals surface area contributed by atoms with Crippen LogP contribution in [0.1, 0.15) is 34.3 Å². The van der Waals surface area contributed by atoms with E-state index in [1.165, 1.54) is 18.6 Å². The first-order valence-electron chi connectivity index (χ1n) is 9.96. The summed E-state index contributed by atoms with van der Waals surface area (Å²) in [5, 5.41) is -0.000429. The number of carbonyl (C=O) groups excluding carboxylic acids is 1. The molecule has 0 atom stereocenters. The van der Waals surface area contributed by atoms with Gasteiger partial charge in [0.15, 0.2) is 14.9 Å². The summed E-state index contributed by atoms with van der Waals surface area (Å²) in [6, 6.07) is 6.78. The molecule has 11 heteroatoms. The van der Waals surface area contributed by atoms with E-state index in [0.29, 0.717) is 9.99 Å². The van der Waals surface area contributed by atoms with Crippen molar-refractivity contribution in [3.8, 4) is 5.75 Å². The Kier molecular flexibility index (Phi) is 8.05. The Hall–Kier alpha value is -2.54. The molecule has 1 amide bonds. The fourth-order valence-corrected chi connectivity index (χ4v) is 5.05. The minimum atomic E-state index is -3.52. The third-order valence-electron chi connectivity index (χ3n) is 4.86. The van der Waals surface area contributed by atoms with Gasteiger partial charge in [0.05, 0.1) is 24.3 Å². The van der Waals surface area contributed by atoms with E-state index in [4.69, 9.17) is 10.5 Å². The van der Waals surface area contributed by atoms with Crippen LogP contribution in [0.2, 0.25) is 0 Å². The second-order valence-electron chi connectivity index (χ2n) is 7.47. The van der Waals surface area contributed by atoms with Crippen molar-refractivity contribution >= 4 is 38.3 Å². The summed E-state index contributed by atoms with van der Waals surface area (Å²) in [5.41, 5.74) is 5.97. The lowest BCUT2D eigenvalue weighted by atomic mass is 9.98. The van der Waals surface area contributed by atoms with Crippen molar-refractivity contribution in [2.75, 3.05) is 12.4 Å². The van der Waals surface area contributed by atoms with Crippen molar-refractivity contribution in [3.63, 3.8) is 0 Å². The molecule has 1 heterocycles. The molecule has 2 aromatic carbocycles. The number of unbranched alkanes of at least 4 members (excludes halogenated alkanes) is 1. The van der Waals surface area contributed by atoms with Gasteiger partial charge in [0, 0.05) is 29.3 Å². The highest BCUT2D eigenvalue weighted by Crippen LogP contribution is 2.27. The van der Waals surface area contributed by atoms with Gasteiger partial charge in [-0.3, -0.25) is 4.79 Å². The van der Waals surface area contributed by atoms with Gasteiger partial charge in [-0.05, 0) is 64.8 Å². The number of carbonyl (C=O) groups is 1. The number of halogens is 3. The Balaban J connectivity index is 1.69. The normalized spacial score (nSPS) is 11.5. The molecule has 0 radical (unpaired) electrons. The Morgan fingerprint density at radius 2 is 1.94 bits per heavy atom. The van der Waals surface area contributed by atoms with E-state index in [9.17, 15) is 22.0 Å². The van der Waals surface area contributed by atoms with Gasteiger partial charge in [-0.15, -0.1) is 0 Å². The van der Waals surface area contributed by atoms with E-state index in [1.807, 2.05) is 22.6 Å². The zero-order chi connectivity index (χ0) is 24.2. The van der Waals surface area contributed by atoms with Crippen LogP contribution in [0.3, 0.4) is 0 Å². The highest BCUT2D eigenvalue weighted by molar-refractivity contribution is 14.1. The van der Waals surface area contributed by atoms with Crippen molar-refractivity contribution < 1.29 is 26.7 Å². The average molecular weight is 589 g/mol. The van der Waals surface area contributed by atoms with Crippen LogP contribution < -0.4 is 10.5 Å². The first kappa shape index (κ1) is 25.1. The molecular weight excluding hydrogens is 567 g/mol. The van der Waals surface area contributed by atoms with Crippen LogP contribution in [0.5, 0.6) is 5.75 Å². The Morgan fingerprint density at radius 1 is 1.18 bits per heavy atom. The SMILES string of the molecule is Cn1cnc(S(=O)(=O)CCCCOc2cc(F)cc(Cc3ccc(I)cc3F)c2C(N)=O)c1. The lowest BCUT2D eigenvalue weighted by Gasteiger charge is -2.15. The summed E-state index contributed by atoms with van der Waals surface area (Å²) in [7, 11) is -1.84. The number of ether oxygens (including phenoxy) is 1. The predicted octanol–water partition coefficient (Wildman–Crippen LogP) is 3.63. The molecule has 0 spiro atoms. The summed E-state index contributed by atoms with van der Waals surface area (Å²) in [6.45, 7) is 0.0405. The van der Waals surface area contributed by atoms with Gasteiger partial charge in [0.25, 0.3) is 5.91 Å². The maximum atomic E-state index is 14.3. The summed E-state index contributed by atoms with van der Waals surface area (Å²) in [6.07, 6.45) is 3.40.